The number of nitrogens with two attached hydrogens (primary N) is 2. The number of benzene rings is 2. The number of rotatable bonds is 5. The third kappa shape index (κ3) is 5.84. The molecule has 8 heteroatoms. The SMILES string of the molecule is COC(=O)c1ccc(C[NH2+]/C(N)=N/N=C/c2cc3ccccc3s2)cc1.[I-]. The molecule has 0 amide bonds. The van der Waals surface area contributed by atoms with Crippen LogP contribution in [0.5, 0.6) is 0 Å². The van der Waals surface area contributed by atoms with Gasteiger partial charge in [-0.3, -0.25) is 5.32 Å². The average molecular weight is 494 g/mol. The van der Waals surface area contributed by atoms with Gasteiger partial charge in [-0.1, -0.05) is 35.4 Å². The summed E-state index contributed by atoms with van der Waals surface area (Å²) in [6.45, 7) is 0.606. The summed E-state index contributed by atoms with van der Waals surface area (Å²) in [7, 11) is 1.36. The molecule has 6 nitrogen and oxygen atoms in total. The Morgan fingerprint density at radius 2 is 1.96 bits per heavy atom. The minimum Gasteiger partial charge on any atom is -1.00 e. The first-order valence-electron chi connectivity index (χ1n) is 8.01. The van der Waals surface area contributed by atoms with Crippen LogP contribution in [0.4, 0.5) is 0 Å². The topological polar surface area (TPSA) is 93.6 Å². The predicted molar refractivity (Wildman–Crippen MR) is 104 cm³/mol. The lowest BCUT2D eigenvalue weighted by atomic mass is 10.1. The van der Waals surface area contributed by atoms with Gasteiger partial charge in [-0.15, -0.1) is 11.3 Å². The highest BCUT2D eigenvalue weighted by molar-refractivity contribution is 7.20. The molecule has 4 N–H and O–H groups in total. The van der Waals surface area contributed by atoms with Crippen LogP contribution < -0.4 is 35.0 Å². The maximum absolute atomic E-state index is 11.4. The molecule has 3 aromatic rings. The standard InChI is InChI=1S/C19H18N4O2S.HI/c1-25-18(24)14-8-6-13(7-9-14)11-21-19(20)23-22-12-16-10-15-4-2-3-5-17(15)26-16;/h2-10,12H,11H2,1H3,(H3,20,21,23);1H/b22-12+;. The highest BCUT2D eigenvalue weighted by Gasteiger charge is 2.05. The maximum atomic E-state index is 11.4. The van der Waals surface area contributed by atoms with Crippen LogP contribution >= 0.6 is 11.3 Å². The Bertz CT molecular complexity index is 934. The number of methoxy groups -OCH3 is 1. The molecule has 1 aromatic heterocycles. The molecule has 0 atom stereocenters. The molecule has 0 saturated carbocycles. The molecule has 3 rings (SSSR count). The second-order valence-corrected chi connectivity index (χ2v) is 6.67. The number of hydrogen-bond donors (Lipinski definition) is 2. The predicted octanol–water partition coefficient (Wildman–Crippen LogP) is -0.896. The van der Waals surface area contributed by atoms with Crippen LogP contribution in [0.1, 0.15) is 20.8 Å². The Kier molecular flexibility index (Phi) is 7.89. The van der Waals surface area contributed by atoms with Crippen molar-refractivity contribution in [1.29, 1.82) is 0 Å². The minimum absolute atomic E-state index is 0. The fourth-order valence-corrected chi connectivity index (χ4v) is 3.31. The fourth-order valence-electron chi connectivity index (χ4n) is 2.38. The quantitative estimate of drug-likeness (QED) is 0.158. The van der Waals surface area contributed by atoms with Gasteiger partial charge >= 0.3 is 11.9 Å². The number of carbonyl (C=O) groups is 1. The molecule has 0 aliphatic carbocycles. The third-order valence-electron chi connectivity index (χ3n) is 3.72. The number of hydrogen-bond acceptors (Lipinski definition) is 5. The van der Waals surface area contributed by atoms with Crippen molar-refractivity contribution in [2.24, 2.45) is 15.9 Å². The zero-order valence-electron chi connectivity index (χ0n) is 14.6. The zero-order valence-corrected chi connectivity index (χ0v) is 17.6. The van der Waals surface area contributed by atoms with Crippen LogP contribution in [0.25, 0.3) is 10.1 Å². The highest BCUT2D eigenvalue weighted by atomic mass is 127. The first kappa shape index (κ1) is 21.0. The number of quaternary nitrogens is 1. The molecule has 140 valence electrons. The molecule has 0 fully saturated rings. The molecule has 0 aliphatic heterocycles. The van der Waals surface area contributed by atoms with Crippen molar-refractivity contribution in [1.82, 2.24) is 0 Å². The maximum Gasteiger partial charge on any atom is 0.337 e. The van der Waals surface area contributed by atoms with E-state index in [1.165, 1.54) is 17.2 Å². The van der Waals surface area contributed by atoms with E-state index in [1.54, 1.807) is 35.0 Å². The van der Waals surface area contributed by atoms with Crippen LogP contribution in [0, 0.1) is 0 Å². The second kappa shape index (κ2) is 10.1. The van der Waals surface area contributed by atoms with Crippen molar-refractivity contribution in [2.75, 3.05) is 7.11 Å². The molecular formula is C19H19IN4O2S. The van der Waals surface area contributed by atoms with Gasteiger partial charge in [0.05, 0.1) is 18.9 Å². The fraction of sp³-hybridized carbons (Fsp3) is 0.105. The van der Waals surface area contributed by atoms with Crippen molar-refractivity contribution in [3.8, 4) is 0 Å². The van der Waals surface area contributed by atoms with Gasteiger partial charge in [0.15, 0.2) is 0 Å². The van der Waals surface area contributed by atoms with Gasteiger partial charge in [0, 0.05) is 15.1 Å². The second-order valence-electron chi connectivity index (χ2n) is 5.55. The molecule has 0 bridgehead atoms. The van der Waals surface area contributed by atoms with Gasteiger partial charge in [-0.25, -0.2) is 4.79 Å². The number of guanidine groups is 1. The zero-order chi connectivity index (χ0) is 18.4. The average Bonchev–Trinajstić information content (AvgIpc) is 3.09. The summed E-state index contributed by atoms with van der Waals surface area (Å²) in [5, 5.41) is 11.0. The van der Waals surface area contributed by atoms with Crippen molar-refractivity contribution < 1.29 is 38.8 Å². The lowest BCUT2D eigenvalue weighted by Gasteiger charge is -2.01. The van der Waals surface area contributed by atoms with Gasteiger partial charge in [0.2, 0.25) is 0 Å². The lowest BCUT2D eigenvalue weighted by Crippen LogP contribution is -3.00. The van der Waals surface area contributed by atoms with E-state index in [2.05, 4.69) is 33.1 Å². The third-order valence-corrected chi connectivity index (χ3v) is 4.78. The Hall–Kier alpha value is -2.30. The van der Waals surface area contributed by atoms with E-state index in [4.69, 9.17) is 5.73 Å². The number of thiophene rings is 1. The lowest BCUT2D eigenvalue weighted by molar-refractivity contribution is -0.559. The molecule has 1 heterocycles. The van der Waals surface area contributed by atoms with E-state index in [0.717, 1.165) is 10.4 Å². The molecule has 0 aliphatic rings. The smallest absolute Gasteiger partial charge is 0.337 e. The van der Waals surface area contributed by atoms with Crippen molar-refractivity contribution in [3.63, 3.8) is 0 Å². The number of fused-ring (bicyclic) bond motifs is 1. The summed E-state index contributed by atoms with van der Waals surface area (Å²) < 4.78 is 5.89. The van der Waals surface area contributed by atoms with Crippen molar-refractivity contribution in [2.45, 2.75) is 6.54 Å². The van der Waals surface area contributed by atoms with Gasteiger partial charge < -0.3 is 34.4 Å². The van der Waals surface area contributed by atoms with E-state index in [0.29, 0.717) is 18.1 Å². The Morgan fingerprint density at radius 3 is 2.67 bits per heavy atom. The van der Waals surface area contributed by atoms with E-state index in [1.807, 2.05) is 24.3 Å². The van der Waals surface area contributed by atoms with Crippen LogP contribution in [0.3, 0.4) is 0 Å². The Balaban J connectivity index is 0.00000261. The molecule has 0 radical (unpaired) electrons. The van der Waals surface area contributed by atoms with Gasteiger partial charge in [-0.05, 0) is 29.7 Å². The van der Waals surface area contributed by atoms with Gasteiger partial charge in [0.25, 0.3) is 0 Å². The molecule has 2 aromatic carbocycles. The Morgan fingerprint density at radius 1 is 1.22 bits per heavy atom. The number of nitrogens with zero attached hydrogens (tertiary/aromatic N) is 2. The van der Waals surface area contributed by atoms with E-state index in [9.17, 15) is 4.79 Å². The summed E-state index contributed by atoms with van der Waals surface area (Å²) in [6, 6.07) is 17.4. The summed E-state index contributed by atoms with van der Waals surface area (Å²) >= 11 is 1.66. The van der Waals surface area contributed by atoms with Crippen LogP contribution in [0.15, 0.2) is 64.8 Å². The normalized spacial score (nSPS) is 11.5. The summed E-state index contributed by atoms with van der Waals surface area (Å²) in [5.74, 6) is -0.00316. The summed E-state index contributed by atoms with van der Waals surface area (Å²) in [4.78, 5) is 12.4. The Labute approximate surface area is 178 Å². The number of esters is 1. The first-order valence-corrected chi connectivity index (χ1v) is 8.83. The first-order chi connectivity index (χ1) is 12.7. The van der Waals surface area contributed by atoms with Crippen molar-refractivity contribution >= 4 is 39.6 Å². The largest absolute Gasteiger partial charge is 1.00 e. The number of ether oxygens (including phenoxy) is 1. The minimum atomic E-state index is -0.350. The van der Waals surface area contributed by atoms with E-state index < -0.39 is 0 Å². The molecular weight excluding hydrogens is 475 g/mol. The van der Waals surface area contributed by atoms with Gasteiger partial charge in [-0.2, -0.15) is 5.10 Å². The molecule has 0 unspecified atom stereocenters. The summed E-state index contributed by atoms with van der Waals surface area (Å²) in [5.41, 5.74) is 7.41. The van der Waals surface area contributed by atoms with Crippen LogP contribution in [-0.4, -0.2) is 25.3 Å². The molecule has 0 spiro atoms. The summed E-state index contributed by atoms with van der Waals surface area (Å²) in [6.07, 6.45) is 1.70. The monoisotopic (exact) mass is 494 g/mol. The highest BCUT2D eigenvalue weighted by Crippen LogP contribution is 2.23. The number of carbonyl (C=O) groups excluding carboxylic acids is 1. The van der Waals surface area contributed by atoms with Crippen LogP contribution in [-0.2, 0) is 11.3 Å². The molecule has 0 saturated heterocycles. The van der Waals surface area contributed by atoms with E-state index >= 15 is 0 Å². The van der Waals surface area contributed by atoms with Crippen LogP contribution in [0.2, 0.25) is 0 Å². The molecule has 27 heavy (non-hydrogen) atoms. The van der Waals surface area contributed by atoms with Gasteiger partial charge in [0.1, 0.15) is 6.54 Å². The van der Waals surface area contributed by atoms with Crippen molar-refractivity contribution in [3.05, 3.63) is 70.6 Å². The number of halogens is 1. The van der Waals surface area contributed by atoms with E-state index in [-0.39, 0.29) is 29.9 Å².